The number of benzene rings is 7. The molecule has 1 aliphatic carbocycles. The number of nitrogens with zero attached hydrogens (tertiary/aromatic N) is 3. The zero-order chi connectivity index (χ0) is 36.2. The lowest BCUT2D eigenvalue weighted by Gasteiger charge is -2.55. The molecule has 54 heavy (non-hydrogen) atoms. The summed E-state index contributed by atoms with van der Waals surface area (Å²) in [6.07, 6.45) is 2.22. The van der Waals surface area contributed by atoms with Crippen molar-refractivity contribution in [3.8, 4) is 11.1 Å². The van der Waals surface area contributed by atoms with Gasteiger partial charge in [0.05, 0.1) is 0 Å². The molecule has 4 unspecified atom stereocenters. The summed E-state index contributed by atoms with van der Waals surface area (Å²) < 4.78 is 0. The predicted molar refractivity (Wildman–Crippen MR) is 226 cm³/mol. The summed E-state index contributed by atoms with van der Waals surface area (Å²) in [5.74, 6) is 0.875. The first-order valence-corrected chi connectivity index (χ1v) is 19.5. The molecule has 264 valence electrons. The fourth-order valence-corrected chi connectivity index (χ4v) is 10.1. The summed E-state index contributed by atoms with van der Waals surface area (Å²) in [5, 5.41) is 0. The average Bonchev–Trinajstić information content (AvgIpc) is 3.56. The van der Waals surface area contributed by atoms with E-state index in [1.807, 2.05) is 0 Å². The first kappa shape index (κ1) is 32.6. The topological polar surface area (TPSA) is 9.72 Å². The van der Waals surface area contributed by atoms with Crippen LogP contribution in [0.15, 0.2) is 188 Å². The maximum absolute atomic E-state index is 2.74. The Morgan fingerprint density at radius 3 is 1.57 bits per heavy atom. The van der Waals surface area contributed by atoms with Gasteiger partial charge in [-0.3, -0.25) is 0 Å². The average molecular weight is 700 g/mol. The molecule has 4 atom stereocenters. The third-order valence-electron chi connectivity index (χ3n) is 12.6. The lowest BCUT2D eigenvalue weighted by Crippen LogP contribution is -2.56. The zero-order valence-electron chi connectivity index (χ0n) is 31.0. The Morgan fingerprint density at radius 2 is 0.981 bits per heavy atom. The van der Waals surface area contributed by atoms with Gasteiger partial charge in [-0.05, 0) is 125 Å². The summed E-state index contributed by atoms with van der Waals surface area (Å²) in [6, 6.07) is 69.9. The SMILES string of the molecule is CC1(C)c2ccccc2N2c3ccc(-c4ccc(N(c5ccccc5)c5ccccc5)cc4)cc3C3CC(N(c4ccccc4)c4ccccc4)CC1C32. The van der Waals surface area contributed by atoms with Crippen molar-refractivity contribution in [2.24, 2.45) is 5.92 Å². The second-order valence-corrected chi connectivity index (χ2v) is 15.8. The van der Waals surface area contributed by atoms with E-state index in [-0.39, 0.29) is 5.41 Å². The Hall–Kier alpha value is -6.06. The van der Waals surface area contributed by atoms with Gasteiger partial charge in [-0.15, -0.1) is 0 Å². The summed E-state index contributed by atoms with van der Waals surface area (Å²) in [6.45, 7) is 5.01. The van der Waals surface area contributed by atoms with E-state index in [1.165, 1.54) is 45.0 Å². The van der Waals surface area contributed by atoms with Crippen molar-refractivity contribution < 1.29 is 0 Å². The van der Waals surface area contributed by atoms with Crippen LogP contribution in [0.5, 0.6) is 0 Å². The van der Waals surface area contributed by atoms with Crippen molar-refractivity contribution in [2.75, 3.05) is 14.7 Å². The van der Waals surface area contributed by atoms with Crippen LogP contribution in [-0.2, 0) is 5.41 Å². The van der Waals surface area contributed by atoms with Crippen LogP contribution in [0.1, 0.15) is 43.7 Å². The van der Waals surface area contributed by atoms with Gasteiger partial charge in [0.25, 0.3) is 0 Å². The molecule has 7 aromatic carbocycles. The Morgan fingerprint density at radius 1 is 0.481 bits per heavy atom. The van der Waals surface area contributed by atoms with Gasteiger partial charge < -0.3 is 14.7 Å². The standard InChI is InChI=1S/C51H45N3/c1-51(2)46-25-15-16-26-49(46)54-48-32-29-37(36-27-30-42(31-28-36)52(38-17-7-3-8-18-38)39-19-9-4-10-20-39)33-44(48)45-34-43(35-47(51)50(45)54)53(40-21-11-5-12-22-40)41-23-13-6-14-24-41/h3-33,43,45,47,50H,34-35H2,1-2H3. The highest BCUT2D eigenvalue weighted by Gasteiger charge is 2.57. The van der Waals surface area contributed by atoms with E-state index < -0.39 is 0 Å². The summed E-state index contributed by atoms with van der Waals surface area (Å²) >= 11 is 0. The smallest absolute Gasteiger partial charge is 0.0462 e. The van der Waals surface area contributed by atoms with E-state index in [2.05, 4.69) is 217 Å². The molecule has 3 nitrogen and oxygen atoms in total. The zero-order valence-corrected chi connectivity index (χ0v) is 31.0. The number of rotatable bonds is 7. The molecule has 3 aliphatic rings. The highest BCUT2D eigenvalue weighted by molar-refractivity contribution is 5.83. The van der Waals surface area contributed by atoms with Crippen LogP contribution < -0.4 is 14.7 Å². The predicted octanol–water partition coefficient (Wildman–Crippen LogP) is 13.3. The first-order valence-electron chi connectivity index (χ1n) is 19.5. The van der Waals surface area contributed by atoms with E-state index in [4.69, 9.17) is 0 Å². The summed E-state index contributed by atoms with van der Waals surface area (Å²) in [5.41, 5.74) is 14.2. The lowest BCUT2D eigenvalue weighted by molar-refractivity contribution is 0.164. The number of hydrogen-bond donors (Lipinski definition) is 0. The van der Waals surface area contributed by atoms with E-state index >= 15 is 0 Å². The fourth-order valence-electron chi connectivity index (χ4n) is 10.1. The Labute approximate surface area is 319 Å². The van der Waals surface area contributed by atoms with Gasteiger partial charge in [-0.2, -0.15) is 0 Å². The Kier molecular flexibility index (Phi) is 7.91. The van der Waals surface area contributed by atoms with Crippen molar-refractivity contribution in [2.45, 2.75) is 50.1 Å². The molecule has 0 bridgehead atoms. The van der Waals surface area contributed by atoms with E-state index in [0.717, 1.165) is 29.9 Å². The van der Waals surface area contributed by atoms with Crippen molar-refractivity contribution in [1.82, 2.24) is 0 Å². The Balaban J connectivity index is 1.07. The van der Waals surface area contributed by atoms with Gasteiger partial charge >= 0.3 is 0 Å². The summed E-state index contributed by atoms with van der Waals surface area (Å²) in [7, 11) is 0. The molecule has 0 N–H and O–H groups in total. The van der Waals surface area contributed by atoms with Crippen LogP contribution in [-0.4, -0.2) is 12.1 Å². The number of anilines is 7. The lowest BCUT2D eigenvalue weighted by atomic mass is 9.58. The van der Waals surface area contributed by atoms with Crippen LogP contribution >= 0.6 is 0 Å². The van der Waals surface area contributed by atoms with Gasteiger partial charge in [-0.1, -0.05) is 123 Å². The van der Waals surface area contributed by atoms with Crippen molar-refractivity contribution in [1.29, 1.82) is 0 Å². The largest absolute Gasteiger partial charge is 0.338 e. The molecule has 0 saturated heterocycles. The summed E-state index contributed by atoms with van der Waals surface area (Å²) in [4.78, 5) is 7.71. The maximum Gasteiger partial charge on any atom is 0.0462 e. The van der Waals surface area contributed by atoms with Crippen LogP contribution in [0.3, 0.4) is 0 Å². The third kappa shape index (κ3) is 5.33. The van der Waals surface area contributed by atoms with Crippen LogP contribution in [0, 0.1) is 5.92 Å². The Bertz CT molecular complexity index is 2310. The maximum atomic E-state index is 2.74. The van der Waals surface area contributed by atoms with Crippen LogP contribution in [0.25, 0.3) is 11.1 Å². The molecule has 0 radical (unpaired) electrons. The molecule has 0 aromatic heterocycles. The number of hydrogen-bond acceptors (Lipinski definition) is 3. The molecule has 1 saturated carbocycles. The third-order valence-corrected chi connectivity index (χ3v) is 12.6. The van der Waals surface area contributed by atoms with Crippen molar-refractivity contribution >= 4 is 39.8 Å². The number of para-hydroxylation sites is 5. The first-order chi connectivity index (χ1) is 26.6. The fraction of sp³-hybridized carbons (Fsp3) is 0.176. The van der Waals surface area contributed by atoms with Gasteiger partial charge in [0.15, 0.2) is 0 Å². The molecular weight excluding hydrogens is 655 g/mol. The second-order valence-electron chi connectivity index (χ2n) is 15.8. The minimum absolute atomic E-state index is 0.0256. The van der Waals surface area contributed by atoms with E-state index in [9.17, 15) is 0 Å². The number of fused-ring (bicyclic) bond motifs is 5. The van der Waals surface area contributed by atoms with E-state index in [0.29, 0.717) is 23.9 Å². The highest BCUT2D eigenvalue weighted by atomic mass is 15.2. The quantitative estimate of drug-likeness (QED) is 0.164. The van der Waals surface area contributed by atoms with Crippen molar-refractivity contribution in [3.05, 3.63) is 199 Å². The molecule has 7 aromatic rings. The molecule has 2 heterocycles. The molecule has 2 aliphatic heterocycles. The molecule has 3 heteroatoms. The van der Waals surface area contributed by atoms with Gasteiger partial charge in [0.1, 0.15) is 0 Å². The van der Waals surface area contributed by atoms with Crippen LogP contribution in [0.2, 0.25) is 0 Å². The molecule has 0 spiro atoms. The van der Waals surface area contributed by atoms with Gasteiger partial charge in [0.2, 0.25) is 0 Å². The molecule has 0 amide bonds. The minimum atomic E-state index is 0.0256. The normalized spacial score (nSPS) is 20.4. The molecule has 1 fully saturated rings. The highest BCUT2D eigenvalue weighted by Crippen LogP contribution is 2.62. The van der Waals surface area contributed by atoms with Gasteiger partial charge in [-0.25, -0.2) is 0 Å². The minimum Gasteiger partial charge on any atom is -0.338 e. The van der Waals surface area contributed by atoms with Gasteiger partial charge in [0, 0.05) is 57.8 Å². The molecular formula is C51H45N3. The second kappa shape index (κ2) is 13.1. The monoisotopic (exact) mass is 699 g/mol. The molecule has 10 rings (SSSR count). The van der Waals surface area contributed by atoms with Crippen molar-refractivity contribution in [3.63, 3.8) is 0 Å². The van der Waals surface area contributed by atoms with Crippen LogP contribution in [0.4, 0.5) is 39.8 Å². The van der Waals surface area contributed by atoms with E-state index in [1.54, 1.807) is 0 Å².